The molecule has 0 bridgehead atoms. The Bertz CT molecular complexity index is 3320. The van der Waals surface area contributed by atoms with Gasteiger partial charge in [0, 0.05) is 0 Å². The summed E-state index contributed by atoms with van der Waals surface area (Å²) in [6.45, 7) is 0. The van der Waals surface area contributed by atoms with Gasteiger partial charge in [-0.25, -0.2) is 0 Å². The Morgan fingerprint density at radius 3 is 1.32 bits per heavy atom. The van der Waals surface area contributed by atoms with Crippen LogP contribution in [0.5, 0.6) is 0 Å². The fourth-order valence-electron chi connectivity index (χ4n) is 10.5. The van der Waals surface area contributed by atoms with Gasteiger partial charge in [0.1, 0.15) is 0 Å². The van der Waals surface area contributed by atoms with Gasteiger partial charge in [0.05, 0.1) is 5.41 Å². The van der Waals surface area contributed by atoms with Crippen molar-refractivity contribution in [3.63, 3.8) is 0 Å². The SMILES string of the molecule is c1ccc(-c2ccc3cc(-c4c5ccccc5c(-c5cc6c(c7ccccc57)C(c5ccccc5)(c5ccccc5)c5ccccc5-6)c5ccccc45)ccc3c2)cc1. The van der Waals surface area contributed by atoms with Crippen LogP contribution in [0.15, 0.2) is 231 Å². The normalized spacial score (nSPS) is 12.9. The summed E-state index contributed by atoms with van der Waals surface area (Å²) >= 11 is 0. The van der Waals surface area contributed by atoms with Gasteiger partial charge >= 0.3 is 0 Å². The topological polar surface area (TPSA) is 0 Å². The predicted octanol–water partition coefficient (Wildman–Crippen LogP) is 15.7. The maximum absolute atomic E-state index is 2.53. The van der Waals surface area contributed by atoms with Crippen molar-refractivity contribution in [1.29, 1.82) is 0 Å². The molecule has 0 radical (unpaired) electrons. The standard InChI is InChI=1S/C59H38/c1-4-18-39(19-5-1)40-32-33-42-37-43(35-34-41(42)36-40)56-48-26-11-13-28-50(48)57(51-29-14-12-27-49(51)56)53-38-54-47-25-16-17-31-55(47)59(44-20-6-2-7-21-44,45-22-8-3-9-23-45)58(54)52-30-15-10-24-46(52)53/h1-38H. The molecule has 0 saturated heterocycles. The van der Waals surface area contributed by atoms with Gasteiger partial charge < -0.3 is 0 Å². The first-order chi connectivity index (χ1) is 29.3. The van der Waals surface area contributed by atoms with E-state index in [0.717, 1.165) is 0 Å². The maximum Gasteiger partial charge on any atom is 0.0719 e. The highest BCUT2D eigenvalue weighted by Crippen LogP contribution is 2.60. The third-order valence-electron chi connectivity index (χ3n) is 12.9. The number of hydrogen-bond acceptors (Lipinski definition) is 0. The number of benzene rings is 11. The molecule has 0 atom stereocenters. The molecule has 1 aliphatic rings. The Morgan fingerprint density at radius 1 is 0.254 bits per heavy atom. The highest BCUT2D eigenvalue weighted by atomic mass is 14.5. The molecule has 274 valence electrons. The molecule has 0 unspecified atom stereocenters. The molecule has 0 nitrogen and oxygen atoms in total. The summed E-state index contributed by atoms with van der Waals surface area (Å²) in [7, 11) is 0. The molecule has 11 aromatic carbocycles. The van der Waals surface area contributed by atoms with Gasteiger partial charge in [-0.3, -0.25) is 0 Å². The van der Waals surface area contributed by atoms with Crippen LogP contribution in [-0.2, 0) is 5.41 Å². The van der Waals surface area contributed by atoms with Crippen LogP contribution in [0.2, 0.25) is 0 Å². The highest BCUT2D eigenvalue weighted by Gasteiger charge is 2.47. The number of fused-ring (bicyclic) bond motifs is 8. The Balaban J connectivity index is 1.15. The molecule has 11 aromatic rings. The van der Waals surface area contributed by atoms with Crippen molar-refractivity contribution in [3.05, 3.63) is 253 Å². The first kappa shape index (κ1) is 33.6. The summed E-state index contributed by atoms with van der Waals surface area (Å²) in [5.74, 6) is 0. The van der Waals surface area contributed by atoms with Crippen molar-refractivity contribution in [2.24, 2.45) is 0 Å². The van der Waals surface area contributed by atoms with Crippen LogP contribution in [0.4, 0.5) is 0 Å². The molecule has 0 N–H and O–H groups in total. The summed E-state index contributed by atoms with van der Waals surface area (Å²) in [5, 5.41) is 10.1. The highest BCUT2D eigenvalue weighted by molar-refractivity contribution is 6.24. The fourth-order valence-corrected chi connectivity index (χ4v) is 10.5. The first-order valence-electron chi connectivity index (χ1n) is 20.6. The second-order valence-corrected chi connectivity index (χ2v) is 15.9. The molecular formula is C59H38. The lowest BCUT2D eigenvalue weighted by Gasteiger charge is -2.35. The van der Waals surface area contributed by atoms with Crippen molar-refractivity contribution >= 4 is 43.1 Å². The van der Waals surface area contributed by atoms with E-state index in [0.29, 0.717) is 0 Å². The molecule has 0 aliphatic heterocycles. The molecule has 0 heterocycles. The lowest BCUT2D eigenvalue weighted by molar-refractivity contribution is 0.775. The van der Waals surface area contributed by atoms with Crippen LogP contribution in [0.3, 0.4) is 0 Å². The third kappa shape index (κ3) is 4.97. The van der Waals surface area contributed by atoms with Crippen LogP contribution < -0.4 is 0 Å². The zero-order valence-corrected chi connectivity index (χ0v) is 32.4. The molecule has 0 spiro atoms. The van der Waals surface area contributed by atoms with Crippen LogP contribution in [0, 0.1) is 0 Å². The van der Waals surface area contributed by atoms with E-state index in [1.54, 1.807) is 0 Å². The first-order valence-corrected chi connectivity index (χ1v) is 20.6. The van der Waals surface area contributed by atoms with Crippen molar-refractivity contribution < 1.29 is 0 Å². The molecule has 59 heavy (non-hydrogen) atoms. The Morgan fingerprint density at radius 2 is 0.712 bits per heavy atom. The Kier molecular flexibility index (Phi) is 7.55. The summed E-state index contributed by atoms with van der Waals surface area (Å²) in [6.07, 6.45) is 0. The van der Waals surface area contributed by atoms with Gasteiger partial charge in [0.15, 0.2) is 0 Å². The maximum atomic E-state index is 2.53. The predicted molar refractivity (Wildman–Crippen MR) is 250 cm³/mol. The van der Waals surface area contributed by atoms with E-state index < -0.39 is 5.41 Å². The van der Waals surface area contributed by atoms with Crippen molar-refractivity contribution in [2.75, 3.05) is 0 Å². The fraction of sp³-hybridized carbons (Fsp3) is 0.0169. The number of rotatable bonds is 5. The molecular weight excluding hydrogens is 709 g/mol. The van der Waals surface area contributed by atoms with E-state index in [9.17, 15) is 0 Å². The Hall–Kier alpha value is -7.54. The molecule has 0 fully saturated rings. The third-order valence-corrected chi connectivity index (χ3v) is 12.9. The van der Waals surface area contributed by atoms with Gasteiger partial charge in [-0.2, -0.15) is 0 Å². The lowest BCUT2D eigenvalue weighted by Crippen LogP contribution is -2.28. The van der Waals surface area contributed by atoms with E-state index >= 15 is 0 Å². The van der Waals surface area contributed by atoms with Gasteiger partial charge in [-0.1, -0.05) is 212 Å². The molecule has 0 amide bonds. The van der Waals surface area contributed by atoms with E-state index in [-0.39, 0.29) is 0 Å². The van der Waals surface area contributed by atoms with E-state index in [2.05, 4.69) is 231 Å². The summed E-state index contributed by atoms with van der Waals surface area (Å²) in [6, 6.07) is 85.7. The largest absolute Gasteiger partial charge is 0.0719 e. The molecule has 0 saturated carbocycles. The molecule has 0 aromatic heterocycles. The Labute approximate surface area is 344 Å². The van der Waals surface area contributed by atoms with Crippen LogP contribution >= 0.6 is 0 Å². The zero-order chi connectivity index (χ0) is 38.9. The van der Waals surface area contributed by atoms with Gasteiger partial charge in [-0.05, 0) is 128 Å². The van der Waals surface area contributed by atoms with Crippen LogP contribution in [0.1, 0.15) is 22.3 Å². The smallest absolute Gasteiger partial charge is 0.0622 e. The summed E-state index contributed by atoms with van der Waals surface area (Å²) in [5.41, 5.74) is 14.9. The summed E-state index contributed by atoms with van der Waals surface area (Å²) < 4.78 is 0. The molecule has 12 rings (SSSR count). The molecule has 0 heteroatoms. The lowest BCUT2D eigenvalue weighted by atomic mass is 9.66. The minimum atomic E-state index is -0.488. The van der Waals surface area contributed by atoms with Crippen molar-refractivity contribution in [1.82, 2.24) is 0 Å². The minimum Gasteiger partial charge on any atom is -0.0622 e. The van der Waals surface area contributed by atoms with Crippen molar-refractivity contribution in [2.45, 2.75) is 5.41 Å². The summed E-state index contributed by atoms with van der Waals surface area (Å²) in [4.78, 5) is 0. The second kappa shape index (κ2) is 13.3. The van der Waals surface area contributed by atoms with Gasteiger partial charge in [-0.15, -0.1) is 0 Å². The van der Waals surface area contributed by atoms with Crippen LogP contribution in [-0.4, -0.2) is 0 Å². The van der Waals surface area contributed by atoms with E-state index in [1.807, 2.05) is 0 Å². The average molecular weight is 747 g/mol. The van der Waals surface area contributed by atoms with Crippen LogP contribution in [0.25, 0.3) is 87.6 Å². The average Bonchev–Trinajstić information content (AvgIpc) is 3.62. The van der Waals surface area contributed by atoms with E-state index in [4.69, 9.17) is 0 Å². The number of hydrogen-bond donors (Lipinski definition) is 0. The van der Waals surface area contributed by atoms with E-state index in [1.165, 1.54) is 110 Å². The minimum absolute atomic E-state index is 0.488. The zero-order valence-electron chi connectivity index (χ0n) is 32.4. The second-order valence-electron chi connectivity index (χ2n) is 15.9. The van der Waals surface area contributed by atoms with Gasteiger partial charge in [0.2, 0.25) is 0 Å². The molecule has 1 aliphatic carbocycles. The quantitative estimate of drug-likeness (QED) is 0.154. The van der Waals surface area contributed by atoms with Crippen molar-refractivity contribution in [3.8, 4) is 44.5 Å². The monoisotopic (exact) mass is 746 g/mol. The van der Waals surface area contributed by atoms with Gasteiger partial charge in [0.25, 0.3) is 0 Å².